The SMILES string of the molecule is CCCCC1=N[C@H]2Sc3c(ncnc3N(C)CCCC)[C@@H]2C2=C1CCC2. The summed E-state index contributed by atoms with van der Waals surface area (Å²) in [6.45, 7) is 5.56. The number of fused-ring (bicyclic) bond motifs is 4. The Kier molecular flexibility index (Phi) is 5.35. The van der Waals surface area contributed by atoms with Gasteiger partial charge in [-0.25, -0.2) is 9.97 Å². The van der Waals surface area contributed by atoms with Gasteiger partial charge in [0.1, 0.15) is 17.5 Å². The van der Waals surface area contributed by atoms with Crippen molar-refractivity contribution in [1.29, 1.82) is 0 Å². The first kappa shape index (κ1) is 18.0. The first-order valence-corrected chi connectivity index (χ1v) is 11.1. The highest BCUT2D eigenvalue weighted by molar-refractivity contribution is 8.00. The van der Waals surface area contributed by atoms with E-state index in [2.05, 4.69) is 30.8 Å². The molecule has 2 aliphatic heterocycles. The molecule has 0 aromatic carbocycles. The molecule has 26 heavy (non-hydrogen) atoms. The Bertz CT molecular complexity index is 740. The van der Waals surface area contributed by atoms with E-state index in [0.29, 0.717) is 5.92 Å². The Morgan fingerprint density at radius 2 is 2.00 bits per heavy atom. The lowest BCUT2D eigenvalue weighted by atomic mass is 9.87. The summed E-state index contributed by atoms with van der Waals surface area (Å²) in [5.74, 6) is 1.49. The van der Waals surface area contributed by atoms with Gasteiger partial charge in [-0.3, -0.25) is 4.99 Å². The predicted molar refractivity (Wildman–Crippen MR) is 110 cm³/mol. The third-order valence-electron chi connectivity index (χ3n) is 5.87. The van der Waals surface area contributed by atoms with E-state index >= 15 is 0 Å². The van der Waals surface area contributed by atoms with E-state index in [9.17, 15) is 0 Å². The van der Waals surface area contributed by atoms with Crippen LogP contribution < -0.4 is 4.90 Å². The molecule has 4 rings (SSSR count). The number of rotatable bonds is 7. The number of aromatic nitrogens is 2. The van der Waals surface area contributed by atoms with E-state index in [1.54, 1.807) is 17.5 Å². The van der Waals surface area contributed by atoms with Gasteiger partial charge >= 0.3 is 0 Å². The Hall–Kier alpha value is -1.36. The van der Waals surface area contributed by atoms with Crippen LogP contribution in [0.25, 0.3) is 0 Å². The average Bonchev–Trinajstić information content (AvgIpc) is 3.27. The van der Waals surface area contributed by atoms with E-state index in [1.165, 1.54) is 61.2 Å². The summed E-state index contributed by atoms with van der Waals surface area (Å²) < 4.78 is 0. The lowest BCUT2D eigenvalue weighted by Gasteiger charge is -2.26. The lowest BCUT2D eigenvalue weighted by molar-refractivity contribution is 0.689. The van der Waals surface area contributed by atoms with Crippen LogP contribution in [0.1, 0.15) is 76.8 Å². The standard InChI is InChI=1S/C21H30N4S/c1-4-6-11-16-14-9-8-10-15(14)17-18-19(26-21(17)24-16)20(23-13-22-18)25(3)12-7-5-2/h13,17,21H,4-12H2,1-3H3/t17-,21-/m0/s1. The van der Waals surface area contributed by atoms with Crippen molar-refractivity contribution in [3.63, 3.8) is 0 Å². The summed E-state index contributed by atoms with van der Waals surface area (Å²) in [6, 6.07) is 0. The molecular formula is C21H30N4S. The van der Waals surface area contributed by atoms with Gasteiger partial charge in [0.25, 0.3) is 0 Å². The molecule has 0 amide bonds. The fourth-order valence-electron chi connectivity index (χ4n) is 4.48. The minimum absolute atomic E-state index is 0.281. The topological polar surface area (TPSA) is 41.4 Å². The summed E-state index contributed by atoms with van der Waals surface area (Å²) >= 11 is 1.91. The van der Waals surface area contributed by atoms with Gasteiger partial charge in [0.05, 0.1) is 16.5 Å². The van der Waals surface area contributed by atoms with E-state index < -0.39 is 0 Å². The van der Waals surface area contributed by atoms with Gasteiger partial charge in [0.2, 0.25) is 0 Å². The number of nitrogens with zero attached hydrogens (tertiary/aromatic N) is 4. The molecule has 0 saturated heterocycles. The maximum absolute atomic E-state index is 5.24. The van der Waals surface area contributed by atoms with Crippen molar-refractivity contribution in [2.45, 2.75) is 81.4 Å². The van der Waals surface area contributed by atoms with E-state index in [-0.39, 0.29) is 5.37 Å². The molecule has 0 bridgehead atoms. The molecule has 0 N–H and O–H groups in total. The number of allylic oxidation sites excluding steroid dienone is 1. The summed E-state index contributed by atoms with van der Waals surface area (Å²) in [7, 11) is 2.16. The van der Waals surface area contributed by atoms with E-state index in [4.69, 9.17) is 9.98 Å². The second kappa shape index (κ2) is 7.71. The van der Waals surface area contributed by atoms with Crippen molar-refractivity contribution in [2.75, 3.05) is 18.5 Å². The molecule has 0 fully saturated rings. The van der Waals surface area contributed by atoms with Crippen LogP contribution in [0.15, 0.2) is 27.4 Å². The molecule has 140 valence electrons. The fourth-order valence-corrected chi connectivity index (χ4v) is 5.94. The fraction of sp³-hybridized carbons (Fsp3) is 0.667. The van der Waals surface area contributed by atoms with Crippen molar-refractivity contribution < 1.29 is 0 Å². The number of hydrogen-bond acceptors (Lipinski definition) is 5. The summed E-state index contributed by atoms with van der Waals surface area (Å²) in [6.07, 6.45) is 11.5. The van der Waals surface area contributed by atoms with Gasteiger partial charge in [-0.1, -0.05) is 44.0 Å². The highest BCUT2D eigenvalue weighted by Gasteiger charge is 2.44. The van der Waals surface area contributed by atoms with E-state index in [0.717, 1.165) is 18.8 Å². The van der Waals surface area contributed by atoms with Gasteiger partial charge in [-0.15, -0.1) is 0 Å². The third kappa shape index (κ3) is 3.08. The number of anilines is 1. The highest BCUT2D eigenvalue weighted by Crippen LogP contribution is 2.56. The van der Waals surface area contributed by atoms with Gasteiger partial charge < -0.3 is 4.90 Å². The van der Waals surface area contributed by atoms with Gasteiger partial charge in [-0.2, -0.15) is 0 Å². The van der Waals surface area contributed by atoms with Crippen LogP contribution in [0.5, 0.6) is 0 Å². The van der Waals surface area contributed by atoms with Crippen LogP contribution in [0.4, 0.5) is 5.82 Å². The average molecular weight is 371 g/mol. The number of thioether (sulfide) groups is 1. The van der Waals surface area contributed by atoms with Crippen molar-refractivity contribution in [3.8, 4) is 0 Å². The van der Waals surface area contributed by atoms with Gasteiger partial charge in [0.15, 0.2) is 0 Å². The van der Waals surface area contributed by atoms with Crippen LogP contribution in [-0.2, 0) is 0 Å². The Balaban J connectivity index is 1.68. The molecule has 5 heteroatoms. The molecule has 2 atom stereocenters. The molecule has 1 aliphatic carbocycles. The van der Waals surface area contributed by atoms with Crippen LogP contribution >= 0.6 is 11.8 Å². The molecule has 1 aromatic rings. The quantitative estimate of drug-likeness (QED) is 0.648. The first-order valence-electron chi connectivity index (χ1n) is 10.3. The van der Waals surface area contributed by atoms with Gasteiger partial charge in [0, 0.05) is 19.3 Å². The van der Waals surface area contributed by atoms with Crippen LogP contribution in [0.2, 0.25) is 0 Å². The molecule has 0 unspecified atom stereocenters. The number of aliphatic imine (C=N–C) groups is 1. The predicted octanol–water partition coefficient (Wildman–Crippen LogP) is 5.35. The molecule has 1 aromatic heterocycles. The summed E-state index contributed by atoms with van der Waals surface area (Å²) in [4.78, 5) is 18.2. The molecule has 4 nitrogen and oxygen atoms in total. The van der Waals surface area contributed by atoms with Crippen LogP contribution in [0, 0.1) is 0 Å². The molecule has 3 heterocycles. The van der Waals surface area contributed by atoms with Crippen LogP contribution in [0.3, 0.4) is 0 Å². The molecular weight excluding hydrogens is 340 g/mol. The largest absolute Gasteiger partial charge is 0.359 e. The summed E-state index contributed by atoms with van der Waals surface area (Å²) in [5, 5.41) is 0.281. The summed E-state index contributed by atoms with van der Waals surface area (Å²) in [5.41, 5.74) is 5.85. The van der Waals surface area contributed by atoms with Crippen molar-refractivity contribution in [3.05, 3.63) is 23.2 Å². The zero-order valence-electron chi connectivity index (χ0n) is 16.3. The van der Waals surface area contributed by atoms with E-state index in [1.807, 2.05) is 11.8 Å². The van der Waals surface area contributed by atoms with Crippen molar-refractivity contribution in [1.82, 2.24) is 9.97 Å². The second-order valence-electron chi connectivity index (χ2n) is 7.71. The third-order valence-corrected chi connectivity index (χ3v) is 7.12. The normalized spacial score (nSPS) is 23.6. The monoisotopic (exact) mass is 370 g/mol. The molecule has 0 spiro atoms. The Morgan fingerprint density at radius 1 is 1.15 bits per heavy atom. The first-order chi connectivity index (χ1) is 12.7. The zero-order chi connectivity index (χ0) is 18.1. The minimum Gasteiger partial charge on any atom is -0.359 e. The smallest absolute Gasteiger partial charge is 0.145 e. The van der Waals surface area contributed by atoms with Gasteiger partial charge in [-0.05, 0) is 44.1 Å². The van der Waals surface area contributed by atoms with Crippen LogP contribution in [-0.4, -0.2) is 34.6 Å². The maximum Gasteiger partial charge on any atom is 0.145 e. The van der Waals surface area contributed by atoms with Crippen molar-refractivity contribution >= 4 is 23.3 Å². The highest BCUT2D eigenvalue weighted by atomic mass is 32.2. The number of unbranched alkanes of at least 4 members (excludes halogenated alkanes) is 2. The molecule has 0 radical (unpaired) electrons. The Labute approximate surface area is 161 Å². The number of hydrogen-bond donors (Lipinski definition) is 0. The zero-order valence-corrected chi connectivity index (χ0v) is 17.1. The molecule has 3 aliphatic rings. The minimum atomic E-state index is 0.281. The second-order valence-corrected chi connectivity index (χ2v) is 8.84. The molecule has 0 saturated carbocycles. The Morgan fingerprint density at radius 3 is 2.81 bits per heavy atom. The van der Waals surface area contributed by atoms with Crippen molar-refractivity contribution in [2.24, 2.45) is 4.99 Å². The lowest BCUT2D eigenvalue weighted by Crippen LogP contribution is -2.22. The maximum atomic E-state index is 5.24. The number of dihydropyridines is 1.